The zero-order valence-electron chi connectivity index (χ0n) is 17.7. The van der Waals surface area contributed by atoms with Crippen molar-refractivity contribution in [3.05, 3.63) is 47.1 Å². The molecule has 0 spiro atoms. The summed E-state index contributed by atoms with van der Waals surface area (Å²) in [7, 11) is 0. The number of ether oxygens (including phenoxy) is 2. The van der Waals surface area contributed by atoms with E-state index >= 15 is 0 Å². The van der Waals surface area contributed by atoms with Gasteiger partial charge in [-0.3, -0.25) is 4.79 Å². The Labute approximate surface area is 185 Å². The Morgan fingerprint density at radius 1 is 1.35 bits per heavy atom. The summed E-state index contributed by atoms with van der Waals surface area (Å²) in [5.74, 6) is -2.32. The summed E-state index contributed by atoms with van der Waals surface area (Å²) in [6.45, 7) is 4.70. The van der Waals surface area contributed by atoms with E-state index in [4.69, 9.17) is 21.1 Å². The van der Waals surface area contributed by atoms with Gasteiger partial charge in [0.25, 0.3) is 5.92 Å². The fourth-order valence-corrected chi connectivity index (χ4v) is 3.70. The van der Waals surface area contributed by atoms with Crippen molar-refractivity contribution in [2.75, 3.05) is 24.6 Å². The lowest BCUT2D eigenvalue weighted by Crippen LogP contribution is -2.25. The molecule has 0 aliphatic carbocycles. The first kappa shape index (κ1) is 23.1. The minimum absolute atomic E-state index is 0.00561. The van der Waals surface area contributed by atoms with Crippen LogP contribution in [-0.2, 0) is 4.79 Å². The lowest BCUT2D eigenvalue weighted by molar-refractivity contribution is -0.119. The van der Waals surface area contributed by atoms with Crippen molar-refractivity contribution in [2.24, 2.45) is 0 Å². The van der Waals surface area contributed by atoms with Crippen LogP contribution < -0.4 is 19.7 Å². The van der Waals surface area contributed by atoms with Crippen LogP contribution in [-0.4, -0.2) is 42.6 Å². The van der Waals surface area contributed by atoms with Gasteiger partial charge in [0.1, 0.15) is 16.9 Å². The minimum atomic E-state index is -2.97. The summed E-state index contributed by atoms with van der Waals surface area (Å²) in [5, 5.41) is 3.06. The highest BCUT2D eigenvalue weighted by molar-refractivity contribution is 6.34. The molecule has 9 heteroatoms. The average Bonchev–Trinajstić information content (AvgIpc) is 3.14. The second-order valence-electron chi connectivity index (χ2n) is 7.77. The van der Waals surface area contributed by atoms with Crippen molar-refractivity contribution in [3.8, 4) is 11.6 Å². The fraction of sp³-hybridized carbons (Fsp3) is 0.455. The van der Waals surface area contributed by atoms with Crippen molar-refractivity contribution in [3.63, 3.8) is 0 Å². The maximum absolute atomic E-state index is 13.1. The van der Waals surface area contributed by atoms with Crippen LogP contribution in [0.2, 0.25) is 5.02 Å². The number of pyridine rings is 1. The van der Waals surface area contributed by atoms with Crippen LogP contribution in [0.5, 0.6) is 11.6 Å². The number of rotatable bonds is 8. The van der Waals surface area contributed by atoms with E-state index in [1.165, 1.54) is 13.1 Å². The molecule has 1 aliphatic heterocycles. The largest absolute Gasteiger partial charge is 0.489 e. The number of aromatic nitrogens is 1. The molecule has 1 amide bonds. The van der Waals surface area contributed by atoms with Crippen molar-refractivity contribution < 1.29 is 23.0 Å². The number of nitrogens with one attached hydrogen (secondary N) is 1. The summed E-state index contributed by atoms with van der Waals surface area (Å²) in [6.07, 6.45) is 2.23. The van der Waals surface area contributed by atoms with Crippen LogP contribution >= 0.6 is 11.6 Å². The Hall–Kier alpha value is -2.61. The van der Waals surface area contributed by atoms with Gasteiger partial charge in [0.15, 0.2) is 6.61 Å². The molecule has 1 aromatic heterocycles. The van der Waals surface area contributed by atoms with Gasteiger partial charge in [-0.2, -0.15) is 0 Å². The molecule has 1 aromatic carbocycles. The van der Waals surface area contributed by atoms with Gasteiger partial charge < -0.3 is 19.7 Å². The van der Waals surface area contributed by atoms with E-state index in [0.29, 0.717) is 18.8 Å². The Morgan fingerprint density at radius 3 is 2.71 bits per heavy atom. The molecule has 1 aliphatic rings. The third-order valence-electron chi connectivity index (χ3n) is 4.89. The van der Waals surface area contributed by atoms with E-state index in [-0.39, 0.29) is 29.0 Å². The Bertz CT molecular complexity index is 906. The van der Waals surface area contributed by atoms with Crippen molar-refractivity contribution in [1.29, 1.82) is 0 Å². The number of nitrogens with zero attached hydrogens (tertiary/aromatic N) is 2. The lowest BCUT2D eigenvalue weighted by Gasteiger charge is -2.21. The highest BCUT2D eigenvalue weighted by Crippen LogP contribution is 2.35. The summed E-state index contributed by atoms with van der Waals surface area (Å²) < 4.78 is 37.4. The number of carbonyl (C=O) groups is 1. The Balaban J connectivity index is 1.60. The predicted molar refractivity (Wildman–Crippen MR) is 115 cm³/mol. The van der Waals surface area contributed by atoms with Gasteiger partial charge in [0, 0.05) is 33.0 Å². The summed E-state index contributed by atoms with van der Waals surface area (Å²) in [6, 6.07) is 9.27. The molecule has 1 saturated heterocycles. The number of amides is 1. The normalized spacial score (nSPS) is 17.4. The molecule has 0 saturated carbocycles. The van der Waals surface area contributed by atoms with Crippen molar-refractivity contribution in [1.82, 2.24) is 10.3 Å². The number of carbonyl (C=O) groups excluding carboxylic acids is 1. The number of hydrogen-bond donors (Lipinski definition) is 1. The van der Waals surface area contributed by atoms with Crippen LogP contribution in [0.1, 0.15) is 38.8 Å². The maximum Gasteiger partial charge on any atom is 0.278 e. The lowest BCUT2D eigenvalue weighted by atomic mass is 10.1. The SMILES string of the molecule is CC(=O)N[C@@H](C)c1ccc(O[C@@H]2CCN(c3ccnc(OCC(C)(F)F)c3Cl)C2)cc1. The van der Waals surface area contributed by atoms with Gasteiger partial charge in [0.05, 0.1) is 18.3 Å². The highest BCUT2D eigenvalue weighted by atomic mass is 35.5. The van der Waals surface area contributed by atoms with Crippen LogP contribution in [0.3, 0.4) is 0 Å². The van der Waals surface area contributed by atoms with Crippen molar-refractivity contribution >= 4 is 23.2 Å². The van der Waals surface area contributed by atoms with Gasteiger partial charge in [-0.05, 0) is 30.7 Å². The molecule has 2 atom stereocenters. The second kappa shape index (κ2) is 9.68. The summed E-state index contributed by atoms with van der Waals surface area (Å²) in [4.78, 5) is 17.2. The van der Waals surface area contributed by atoms with E-state index in [1.54, 1.807) is 6.07 Å². The number of halogens is 3. The van der Waals surface area contributed by atoms with Gasteiger partial charge in [-0.1, -0.05) is 23.7 Å². The smallest absolute Gasteiger partial charge is 0.278 e. The molecule has 31 heavy (non-hydrogen) atoms. The zero-order valence-corrected chi connectivity index (χ0v) is 18.5. The molecule has 0 radical (unpaired) electrons. The van der Waals surface area contributed by atoms with E-state index in [2.05, 4.69) is 10.3 Å². The first-order valence-electron chi connectivity index (χ1n) is 10.1. The first-order chi connectivity index (χ1) is 14.6. The van der Waals surface area contributed by atoms with Gasteiger partial charge >= 0.3 is 0 Å². The maximum atomic E-state index is 13.1. The molecular weight excluding hydrogens is 428 g/mol. The number of alkyl halides is 2. The van der Waals surface area contributed by atoms with E-state index < -0.39 is 12.5 Å². The summed E-state index contributed by atoms with van der Waals surface area (Å²) >= 11 is 6.36. The van der Waals surface area contributed by atoms with Crippen molar-refractivity contribution in [2.45, 2.75) is 45.3 Å². The fourth-order valence-electron chi connectivity index (χ4n) is 3.41. The molecule has 2 heterocycles. The Kier molecular flexibility index (Phi) is 7.20. The number of hydrogen-bond acceptors (Lipinski definition) is 5. The third kappa shape index (κ3) is 6.43. The molecule has 0 unspecified atom stereocenters. The molecule has 1 N–H and O–H groups in total. The van der Waals surface area contributed by atoms with Crippen LogP contribution in [0.15, 0.2) is 36.5 Å². The molecule has 2 aromatic rings. The number of benzene rings is 1. The molecule has 6 nitrogen and oxygen atoms in total. The second-order valence-corrected chi connectivity index (χ2v) is 8.15. The molecule has 168 valence electrons. The minimum Gasteiger partial charge on any atom is -0.489 e. The van der Waals surface area contributed by atoms with E-state index in [9.17, 15) is 13.6 Å². The first-order valence-corrected chi connectivity index (χ1v) is 10.4. The van der Waals surface area contributed by atoms with Crippen LogP contribution in [0.25, 0.3) is 0 Å². The predicted octanol–water partition coefficient (Wildman–Crippen LogP) is 4.62. The Morgan fingerprint density at radius 2 is 2.06 bits per heavy atom. The van der Waals surface area contributed by atoms with Gasteiger partial charge in [-0.15, -0.1) is 0 Å². The van der Waals surface area contributed by atoms with E-state index in [0.717, 1.165) is 24.7 Å². The summed E-state index contributed by atoms with van der Waals surface area (Å²) in [5.41, 5.74) is 1.67. The molecular formula is C22H26ClF2N3O3. The van der Waals surface area contributed by atoms with E-state index in [1.807, 2.05) is 36.1 Å². The van der Waals surface area contributed by atoms with Crippen LogP contribution in [0.4, 0.5) is 14.5 Å². The average molecular weight is 454 g/mol. The zero-order chi connectivity index (χ0) is 22.6. The molecule has 0 bridgehead atoms. The standard InChI is InChI=1S/C22H26ClF2N3O3/c1-14(27-15(2)29)16-4-6-17(7-5-16)31-18-9-11-28(12-18)19-8-10-26-21(20(19)23)30-13-22(3,24)25/h4-8,10,14,18H,9,11-13H2,1-3H3,(H,27,29)/t14-,18+/m0/s1. The molecule has 1 fully saturated rings. The third-order valence-corrected chi connectivity index (χ3v) is 5.24. The van der Waals surface area contributed by atoms with Gasteiger partial charge in [-0.25, -0.2) is 13.8 Å². The quantitative estimate of drug-likeness (QED) is 0.631. The highest BCUT2D eigenvalue weighted by Gasteiger charge is 2.28. The van der Waals surface area contributed by atoms with Gasteiger partial charge in [0.2, 0.25) is 11.8 Å². The molecule has 3 rings (SSSR count). The monoisotopic (exact) mass is 453 g/mol. The number of anilines is 1. The topological polar surface area (TPSA) is 63.7 Å². The van der Waals surface area contributed by atoms with Crippen LogP contribution in [0, 0.1) is 0 Å².